The molecule has 1 aromatic carbocycles. The van der Waals surface area contributed by atoms with E-state index in [0.29, 0.717) is 23.2 Å². The summed E-state index contributed by atoms with van der Waals surface area (Å²) in [5.41, 5.74) is 0.303. The quantitative estimate of drug-likeness (QED) is 0.747. The zero-order valence-corrected chi connectivity index (χ0v) is 11.2. The molecule has 19 heavy (non-hydrogen) atoms. The van der Waals surface area contributed by atoms with Crippen LogP contribution in [-0.4, -0.2) is 30.9 Å². The van der Waals surface area contributed by atoms with Crippen LogP contribution >= 0.6 is 11.6 Å². The largest absolute Gasteiger partial charge is 0.506 e. The van der Waals surface area contributed by atoms with Gasteiger partial charge in [-0.2, -0.15) is 0 Å². The number of nitrogens with one attached hydrogen (secondary N) is 2. The Morgan fingerprint density at radius 3 is 2.89 bits per heavy atom. The van der Waals surface area contributed by atoms with Gasteiger partial charge in [-0.25, -0.2) is 4.79 Å². The Labute approximate surface area is 116 Å². The molecule has 3 N–H and O–H groups in total. The first-order chi connectivity index (χ1) is 9.15. The first-order valence-corrected chi connectivity index (χ1v) is 6.64. The number of amides is 2. The molecule has 0 aliphatic carbocycles. The van der Waals surface area contributed by atoms with Crippen molar-refractivity contribution >= 4 is 23.3 Å². The molecule has 5 nitrogen and oxygen atoms in total. The Balaban J connectivity index is 1.81. The van der Waals surface area contributed by atoms with E-state index >= 15 is 0 Å². The number of halogens is 1. The maximum atomic E-state index is 11.7. The van der Waals surface area contributed by atoms with Gasteiger partial charge in [0.05, 0.1) is 5.69 Å². The average Bonchev–Trinajstić information content (AvgIpc) is 2.42. The lowest BCUT2D eigenvalue weighted by molar-refractivity contribution is 0.0671. The van der Waals surface area contributed by atoms with Crippen LogP contribution in [0.2, 0.25) is 5.02 Å². The Bertz CT molecular complexity index is 448. The molecule has 1 aliphatic rings. The van der Waals surface area contributed by atoms with Crippen LogP contribution in [0.15, 0.2) is 18.2 Å². The molecule has 0 saturated carbocycles. The zero-order valence-electron chi connectivity index (χ0n) is 10.5. The van der Waals surface area contributed by atoms with E-state index in [0.717, 1.165) is 26.1 Å². The lowest BCUT2D eigenvalue weighted by Gasteiger charge is -2.22. The van der Waals surface area contributed by atoms with Gasteiger partial charge in [-0.3, -0.25) is 0 Å². The van der Waals surface area contributed by atoms with Gasteiger partial charge in [0.15, 0.2) is 0 Å². The first kappa shape index (κ1) is 14.0. The number of ether oxygens (including phenoxy) is 1. The summed E-state index contributed by atoms with van der Waals surface area (Å²) >= 11 is 5.80. The zero-order chi connectivity index (χ0) is 13.7. The van der Waals surface area contributed by atoms with Crippen LogP contribution in [-0.2, 0) is 4.74 Å². The summed E-state index contributed by atoms with van der Waals surface area (Å²) in [5, 5.41) is 15.4. The number of carbonyl (C=O) groups excluding carboxylic acids is 1. The van der Waals surface area contributed by atoms with Crippen molar-refractivity contribution in [1.82, 2.24) is 5.32 Å². The lowest BCUT2D eigenvalue weighted by Crippen LogP contribution is -2.35. The number of rotatable bonds is 3. The van der Waals surface area contributed by atoms with Crippen molar-refractivity contribution in [3.63, 3.8) is 0 Å². The van der Waals surface area contributed by atoms with Crippen molar-refractivity contribution in [3.8, 4) is 5.75 Å². The van der Waals surface area contributed by atoms with E-state index in [1.54, 1.807) is 6.07 Å². The fraction of sp³-hybridized carbons (Fsp3) is 0.462. The molecule has 0 spiro atoms. The smallest absolute Gasteiger partial charge is 0.319 e. The molecule has 0 radical (unpaired) electrons. The van der Waals surface area contributed by atoms with Gasteiger partial charge in [0.25, 0.3) is 0 Å². The number of aromatic hydroxyl groups is 1. The molecule has 0 aromatic heterocycles. The third-order valence-electron chi connectivity index (χ3n) is 3.10. The van der Waals surface area contributed by atoms with E-state index in [1.165, 1.54) is 12.1 Å². The van der Waals surface area contributed by atoms with E-state index in [1.807, 2.05) is 0 Å². The molecule has 1 fully saturated rings. The lowest BCUT2D eigenvalue weighted by atomic mass is 10.0. The molecule has 0 atom stereocenters. The van der Waals surface area contributed by atoms with E-state index < -0.39 is 0 Å². The van der Waals surface area contributed by atoms with Gasteiger partial charge in [-0.1, -0.05) is 11.6 Å². The molecule has 104 valence electrons. The number of hydrogen-bond acceptors (Lipinski definition) is 3. The van der Waals surface area contributed by atoms with Crippen molar-refractivity contribution < 1.29 is 14.6 Å². The summed E-state index contributed by atoms with van der Waals surface area (Å²) in [6.07, 6.45) is 1.92. The van der Waals surface area contributed by atoms with Crippen LogP contribution < -0.4 is 10.6 Å². The van der Waals surface area contributed by atoms with Crippen LogP contribution in [0, 0.1) is 5.92 Å². The SMILES string of the molecule is O=C(NCC1CCOCC1)Nc1cc(Cl)ccc1O. The second-order valence-electron chi connectivity index (χ2n) is 4.55. The van der Waals surface area contributed by atoms with Crippen LogP contribution in [0.25, 0.3) is 0 Å². The second kappa shape index (κ2) is 6.63. The second-order valence-corrected chi connectivity index (χ2v) is 4.99. The highest BCUT2D eigenvalue weighted by Crippen LogP contribution is 2.26. The Hall–Kier alpha value is -1.46. The molecular formula is C13H17ClN2O3. The van der Waals surface area contributed by atoms with E-state index in [-0.39, 0.29) is 11.8 Å². The molecule has 1 aromatic rings. The number of hydrogen-bond donors (Lipinski definition) is 3. The van der Waals surface area contributed by atoms with Crippen LogP contribution in [0.4, 0.5) is 10.5 Å². The predicted molar refractivity (Wildman–Crippen MR) is 73.7 cm³/mol. The average molecular weight is 285 g/mol. The molecule has 2 rings (SSSR count). The standard InChI is InChI=1S/C13H17ClN2O3/c14-10-1-2-12(17)11(7-10)16-13(18)15-8-9-3-5-19-6-4-9/h1-2,7,9,17H,3-6,8H2,(H2,15,16,18). The highest BCUT2D eigenvalue weighted by atomic mass is 35.5. The predicted octanol–water partition coefficient (Wildman–Crippen LogP) is 2.59. The number of anilines is 1. The molecule has 1 heterocycles. The molecule has 1 saturated heterocycles. The number of carbonyl (C=O) groups is 1. The van der Waals surface area contributed by atoms with Crippen LogP contribution in [0.5, 0.6) is 5.75 Å². The molecule has 1 aliphatic heterocycles. The van der Waals surface area contributed by atoms with E-state index in [9.17, 15) is 9.90 Å². The Morgan fingerprint density at radius 2 is 2.16 bits per heavy atom. The molecule has 6 heteroatoms. The minimum absolute atomic E-state index is 0.00869. The topological polar surface area (TPSA) is 70.6 Å². The Kier molecular flexibility index (Phi) is 4.87. The monoisotopic (exact) mass is 284 g/mol. The van der Waals surface area contributed by atoms with Gasteiger partial charge in [-0.15, -0.1) is 0 Å². The number of phenols is 1. The van der Waals surface area contributed by atoms with Gasteiger partial charge in [0.1, 0.15) is 5.75 Å². The van der Waals surface area contributed by atoms with Crippen LogP contribution in [0.1, 0.15) is 12.8 Å². The first-order valence-electron chi connectivity index (χ1n) is 6.26. The number of urea groups is 1. The maximum absolute atomic E-state index is 11.7. The fourth-order valence-electron chi connectivity index (χ4n) is 1.96. The summed E-state index contributed by atoms with van der Waals surface area (Å²) in [7, 11) is 0. The van der Waals surface area contributed by atoms with Gasteiger partial charge >= 0.3 is 6.03 Å². The van der Waals surface area contributed by atoms with E-state index in [4.69, 9.17) is 16.3 Å². The number of phenolic OH excluding ortho intramolecular Hbond substituents is 1. The van der Waals surface area contributed by atoms with Crippen molar-refractivity contribution in [2.45, 2.75) is 12.8 Å². The molecular weight excluding hydrogens is 268 g/mol. The minimum Gasteiger partial charge on any atom is -0.506 e. The van der Waals surface area contributed by atoms with Gasteiger partial charge in [0, 0.05) is 24.8 Å². The molecule has 2 amide bonds. The van der Waals surface area contributed by atoms with Crippen molar-refractivity contribution in [3.05, 3.63) is 23.2 Å². The van der Waals surface area contributed by atoms with Gasteiger partial charge < -0.3 is 20.5 Å². The van der Waals surface area contributed by atoms with Gasteiger partial charge in [0.2, 0.25) is 0 Å². The van der Waals surface area contributed by atoms with E-state index in [2.05, 4.69) is 10.6 Å². The van der Waals surface area contributed by atoms with Gasteiger partial charge in [-0.05, 0) is 37.0 Å². The van der Waals surface area contributed by atoms with Crippen molar-refractivity contribution in [1.29, 1.82) is 0 Å². The summed E-state index contributed by atoms with van der Waals surface area (Å²) in [6.45, 7) is 2.11. The minimum atomic E-state index is -0.343. The van der Waals surface area contributed by atoms with Crippen molar-refractivity contribution in [2.75, 3.05) is 25.1 Å². The molecule has 0 bridgehead atoms. The normalized spacial score (nSPS) is 16.1. The third kappa shape index (κ3) is 4.29. The fourth-order valence-corrected chi connectivity index (χ4v) is 2.13. The van der Waals surface area contributed by atoms with Crippen LogP contribution in [0.3, 0.4) is 0 Å². The summed E-state index contributed by atoms with van der Waals surface area (Å²) < 4.78 is 5.26. The summed E-state index contributed by atoms with van der Waals surface area (Å²) in [5.74, 6) is 0.443. The summed E-state index contributed by atoms with van der Waals surface area (Å²) in [4.78, 5) is 11.7. The highest BCUT2D eigenvalue weighted by molar-refractivity contribution is 6.31. The summed E-state index contributed by atoms with van der Waals surface area (Å²) in [6, 6.07) is 4.16. The maximum Gasteiger partial charge on any atom is 0.319 e. The highest BCUT2D eigenvalue weighted by Gasteiger charge is 2.15. The van der Waals surface area contributed by atoms with Crippen molar-refractivity contribution in [2.24, 2.45) is 5.92 Å². The molecule has 0 unspecified atom stereocenters. The Morgan fingerprint density at radius 1 is 1.42 bits per heavy atom. The number of benzene rings is 1. The third-order valence-corrected chi connectivity index (χ3v) is 3.33.